The first-order valence-corrected chi connectivity index (χ1v) is 6.77. The summed E-state index contributed by atoms with van der Waals surface area (Å²) in [5.41, 5.74) is 6.08. The molecule has 16 heavy (non-hydrogen) atoms. The second-order valence-corrected chi connectivity index (χ2v) is 5.93. The van der Waals surface area contributed by atoms with Gasteiger partial charge in [0.05, 0.1) is 0 Å². The van der Waals surface area contributed by atoms with Crippen LogP contribution in [0, 0.1) is 5.92 Å². The van der Waals surface area contributed by atoms with Crippen molar-refractivity contribution in [3.8, 4) is 0 Å². The van der Waals surface area contributed by atoms with Gasteiger partial charge in [0, 0.05) is 24.7 Å². The minimum Gasteiger partial charge on any atom is -0.327 e. The predicted octanol–water partition coefficient (Wildman–Crippen LogP) is 1.14. The molecule has 2 saturated heterocycles. The average molecular weight is 225 g/mol. The molecule has 2 aliphatic heterocycles. The maximum absolute atomic E-state index is 6.08. The predicted molar refractivity (Wildman–Crippen MR) is 68.4 cm³/mol. The van der Waals surface area contributed by atoms with Crippen LogP contribution in [0.15, 0.2) is 0 Å². The van der Waals surface area contributed by atoms with E-state index in [0.717, 1.165) is 12.1 Å². The molecule has 0 aromatic carbocycles. The number of hydrogen-bond donors (Lipinski definition) is 1. The minimum atomic E-state index is 0.430. The van der Waals surface area contributed by atoms with E-state index in [2.05, 4.69) is 30.7 Å². The van der Waals surface area contributed by atoms with E-state index in [-0.39, 0.29) is 0 Å². The van der Waals surface area contributed by atoms with Gasteiger partial charge in [0.1, 0.15) is 0 Å². The fourth-order valence-corrected chi connectivity index (χ4v) is 3.12. The highest BCUT2D eigenvalue weighted by Crippen LogP contribution is 2.25. The van der Waals surface area contributed by atoms with Crippen LogP contribution >= 0.6 is 0 Å². The molecule has 2 aliphatic rings. The van der Waals surface area contributed by atoms with Crippen LogP contribution in [0.3, 0.4) is 0 Å². The Morgan fingerprint density at radius 3 is 2.50 bits per heavy atom. The van der Waals surface area contributed by atoms with Gasteiger partial charge in [-0.2, -0.15) is 0 Å². The van der Waals surface area contributed by atoms with Crippen molar-refractivity contribution < 1.29 is 0 Å². The van der Waals surface area contributed by atoms with Crippen LogP contribution in [-0.4, -0.2) is 54.6 Å². The van der Waals surface area contributed by atoms with Crippen LogP contribution < -0.4 is 5.73 Å². The van der Waals surface area contributed by atoms with Crippen LogP contribution in [0.5, 0.6) is 0 Å². The van der Waals surface area contributed by atoms with Crippen molar-refractivity contribution in [3.05, 3.63) is 0 Å². The van der Waals surface area contributed by atoms with Crippen molar-refractivity contribution in [2.24, 2.45) is 11.7 Å². The Labute approximate surface area is 100.0 Å². The Kier molecular flexibility index (Phi) is 3.88. The van der Waals surface area contributed by atoms with E-state index in [1.165, 1.54) is 38.9 Å². The maximum Gasteiger partial charge on any atom is 0.0122 e. The molecule has 0 spiro atoms. The van der Waals surface area contributed by atoms with E-state index in [1.54, 1.807) is 0 Å². The zero-order valence-electron chi connectivity index (χ0n) is 11.0. The summed E-state index contributed by atoms with van der Waals surface area (Å²) in [5.74, 6) is 0.670. The molecule has 0 amide bonds. The molecule has 2 N–H and O–H groups in total. The lowest BCUT2D eigenvalue weighted by Crippen LogP contribution is -2.53. The third kappa shape index (κ3) is 2.58. The fourth-order valence-electron chi connectivity index (χ4n) is 3.12. The van der Waals surface area contributed by atoms with Gasteiger partial charge in [-0.05, 0) is 52.2 Å². The summed E-state index contributed by atoms with van der Waals surface area (Å²) < 4.78 is 0. The Morgan fingerprint density at radius 1 is 1.12 bits per heavy atom. The zero-order valence-corrected chi connectivity index (χ0v) is 11.0. The summed E-state index contributed by atoms with van der Waals surface area (Å²) in [4.78, 5) is 5.17. The minimum absolute atomic E-state index is 0.430. The van der Waals surface area contributed by atoms with E-state index >= 15 is 0 Å². The Hall–Kier alpha value is -0.120. The molecule has 0 radical (unpaired) electrons. The third-order valence-electron chi connectivity index (χ3n) is 4.70. The highest BCUT2D eigenvalue weighted by molar-refractivity contribution is 4.88. The molecule has 3 nitrogen and oxygen atoms in total. The number of nitrogens with zero attached hydrogens (tertiary/aromatic N) is 2. The topological polar surface area (TPSA) is 32.5 Å². The third-order valence-corrected chi connectivity index (χ3v) is 4.70. The summed E-state index contributed by atoms with van der Waals surface area (Å²) >= 11 is 0. The first kappa shape index (κ1) is 12.3. The number of piperidine rings is 2. The normalized spacial score (nSPS) is 43.5. The first-order chi connectivity index (χ1) is 7.58. The Balaban J connectivity index is 1.88. The van der Waals surface area contributed by atoms with Gasteiger partial charge >= 0.3 is 0 Å². The zero-order chi connectivity index (χ0) is 11.7. The molecular weight excluding hydrogens is 198 g/mol. The molecule has 0 aromatic rings. The van der Waals surface area contributed by atoms with Gasteiger partial charge in [-0.25, -0.2) is 0 Å². The Bertz CT molecular complexity index is 207. The molecule has 0 aromatic heterocycles. The van der Waals surface area contributed by atoms with Gasteiger partial charge in [-0.1, -0.05) is 6.92 Å². The number of nitrogens with two attached hydrogens (primary N) is 1. The summed E-state index contributed by atoms with van der Waals surface area (Å²) in [6.45, 7) is 8.33. The van der Waals surface area contributed by atoms with E-state index in [0.29, 0.717) is 12.0 Å². The molecule has 2 rings (SSSR count). The lowest BCUT2D eigenvalue weighted by molar-refractivity contribution is 0.0541. The second kappa shape index (κ2) is 5.03. The number of rotatable bonds is 1. The number of hydrogen-bond acceptors (Lipinski definition) is 3. The summed E-state index contributed by atoms with van der Waals surface area (Å²) in [7, 11) is 2.25. The van der Waals surface area contributed by atoms with Gasteiger partial charge in [-0.3, -0.25) is 4.90 Å². The quantitative estimate of drug-likeness (QED) is 0.726. The Morgan fingerprint density at radius 2 is 1.88 bits per heavy atom. The maximum atomic E-state index is 6.08. The number of likely N-dealkylation sites (tertiary alicyclic amines) is 2. The molecule has 0 saturated carbocycles. The molecule has 2 fully saturated rings. The van der Waals surface area contributed by atoms with Crippen molar-refractivity contribution in [2.75, 3.05) is 26.7 Å². The molecule has 2 heterocycles. The summed E-state index contributed by atoms with van der Waals surface area (Å²) in [5, 5.41) is 0. The second-order valence-electron chi connectivity index (χ2n) is 5.93. The van der Waals surface area contributed by atoms with Crippen molar-refractivity contribution in [2.45, 2.75) is 51.2 Å². The summed E-state index contributed by atoms with van der Waals surface area (Å²) in [6.07, 6.45) is 3.85. The average Bonchev–Trinajstić information content (AvgIpc) is 2.26. The monoisotopic (exact) mass is 225 g/mol. The molecular formula is C13H27N3. The fraction of sp³-hybridized carbons (Fsp3) is 1.00. The van der Waals surface area contributed by atoms with Crippen molar-refractivity contribution >= 4 is 0 Å². The van der Waals surface area contributed by atoms with Crippen molar-refractivity contribution in [1.82, 2.24) is 9.80 Å². The van der Waals surface area contributed by atoms with Crippen LogP contribution in [0.4, 0.5) is 0 Å². The van der Waals surface area contributed by atoms with E-state index in [4.69, 9.17) is 5.73 Å². The van der Waals surface area contributed by atoms with Gasteiger partial charge < -0.3 is 10.6 Å². The lowest BCUT2D eigenvalue weighted by atomic mass is 9.90. The van der Waals surface area contributed by atoms with Gasteiger partial charge in [0.15, 0.2) is 0 Å². The van der Waals surface area contributed by atoms with Gasteiger partial charge in [0.2, 0.25) is 0 Å². The molecule has 3 heteroatoms. The highest BCUT2D eigenvalue weighted by Gasteiger charge is 2.31. The van der Waals surface area contributed by atoms with Crippen LogP contribution in [-0.2, 0) is 0 Å². The van der Waals surface area contributed by atoms with Crippen LogP contribution in [0.1, 0.15) is 33.1 Å². The van der Waals surface area contributed by atoms with E-state index in [9.17, 15) is 0 Å². The van der Waals surface area contributed by atoms with Crippen molar-refractivity contribution in [3.63, 3.8) is 0 Å². The van der Waals surface area contributed by atoms with E-state index in [1.807, 2.05) is 0 Å². The molecule has 0 aliphatic carbocycles. The van der Waals surface area contributed by atoms with Gasteiger partial charge in [0.25, 0.3) is 0 Å². The smallest absolute Gasteiger partial charge is 0.0122 e. The van der Waals surface area contributed by atoms with Crippen LogP contribution in [0.2, 0.25) is 0 Å². The highest BCUT2D eigenvalue weighted by atomic mass is 15.2. The van der Waals surface area contributed by atoms with Gasteiger partial charge in [-0.15, -0.1) is 0 Å². The lowest BCUT2D eigenvalue weighted by Gasteiger charge is -2.45. The SMILES string of the molecule is CC1CN(C2CCN(C)C(C)C2)CCC1N. The van der Waals surface area contributed by atoms with E-state index < -0.39 is 0 Å². The first-order valence-electron chi connectivity index (χ1n) is 6.77. The molecule has 4 unspecified atom stereocenters. The molecule has 4 atom stereocenters. The van der Waals surface area contributed by atoms with Crippen LogP contribution in [0.25, 0.3) is 0 Å². The molecule has 0 bridgehead atoms. The largest absolute Gasteiger partial charge is 0.327 e. The standard InChI is InChI=1S/C13H27N3/c1-10-9-16(7-5-13(10)14)12-4-6-15(3)11(2)8-12/h10-13H,4-9,14H2,1-3H3. The summed E-state index contributed by atoms with van der Waals surface area (Å²) in [6, 6.07) is 1.98. The molecule has 94 valence electrons. The van der Waals surface area contributed by atoms with Crippen molar-refractivity contribution in [1.29, 1.82) is 0 Å².